The monoisotopic (exact) mass is 311 g/mol. The molecule has 0 saturated carbocycles. The van der Waals surface area contributed by atoms with Gasteiger partial charge in [-0.2, -0.15) is 0 Å². The lowest BCUT2D eigenvalue weighted by atomic mass is 10.1. The molecule has 0 bridgehead atoms. The highest BCUT2D eigenvalue weighted by atomic mass is 79.9. The molecule has 0 aromatic heterocycles. The zero-order valence-corrected chi connectivity index (χ0v) is 12.2. The van der Waals surface area contributed by atoms with Crippen molar-refractivity contribution in [3.63, 3.8) is 0 Å². The molecule has 0 spiro atoms. The number of carbonyl (C=O) groups is 1. The van der Waals surface area contributed by atoms with E-state index in [0.717, 1.165) is 0 Å². The van der Waals surface area contributed by atoms with Gasteiger partial charge in [-0.3, -0.25) is 4.79 Å². The zero-order valence-electron chi connectivity index (χ0n) is 9.81. The molecule has 1 rings (SSSR count). The van der Waals surface area contributed by atoms with Crippen LogP contribution in [0.3, 0.4) is 0 Å². The van der Waals surface area contributed by atoms with E-state index in [4.69, 9.17) is 0 Å². The summed E-state index contributed by atoms with van der Waals surface area (Å²) in [7, 11) is -2.95. The third kappa shape index (κ3) is 3.20. The fraction of sp³-hybridized carbons (Fsp3) is 0.900. The quantitative estimate of drug-likeness (QED) is 0.716. The topological polar surface area (TPSA) is 54.5 Å². The smallest absolute Gasteiger partial charge is 0.236 e. The van der Waals surface area contributed by atoms with Gasteiger partial charge < -0.3 is 4.90 Å². The number of alkyl halides is 1. The predicted molar refractivity (Wildman–Crippen MR) is 67.4 cm³/mol. The third-order valence-electron chi connectivity index (χ3n) is 2.77. The second kappa shape index (κ2) is 5.04. The Kier molecular flexibility index (Phi) is 4.40. The summed E-state index contributed by atoms with van der Waals surface area (Å²) in [5.74, 6) is 0.368. The molecule has 2 atom stereocenters. The first-order valence-electron chi connectivity index (χ1n) is 5.39. The van der Waals surface area contributed by atoms with Crippen molar-refractivity contribution >= 4 is 31.7 Å². The first kappa shape index (κ1) is 14.0. The number of amides is 1. The molecule has 1 amide bonds. The van der Waals surface area contributed by atoms with Crippen LogP contribution in [0.1, 0.15) is 20.8 Å². The number of sulfone groups is 1. The zero-order chi connectivity index (χ0) is 12.5. The Morgan fingerprint density at radius 1 is 1.44 bits per heavy atom. The molecule has 1 aliphatic rings. The summed E-state index contributed by atoms with van der Waals surface area (Å²) >= 11 is 3.36. The van der Waals surface area contributed by atoms with Crippen LogP contribution in [-0.4, -0.2) is 48.1 Å². The SMILES string of the molecule is CC(C)C(Br)C(=O)N1CCS(=O)(=O)CC1C. The van der Waals surface area contributed by atoms with E-state index in [0.29, 0.717) is 6.54 Å². The number of nitrogens with zero attached hydrogens (tertiary/aromatic N) is 1. The Labute approximate surface area is 105 Å². The van der Waals surface area contributed by atoms with Crippen LogP contribution in [0.2, 0.25) is 0 Å². The molecule has 1 saturated heterocycles. The molecule has 0 aliphatic carbocycles. The van der Waals surface area contributed by atoms with Crippen LogP contribution in [0.5, 0.6) is 0 Å². The molecule has 4 nitrogen and oxygen atoms in total. The molecule has 16 heavy (non-hydrogen) atoms. The van der Waals surface area contributed by atoms with E-state index in [2.05, 4.69) is 15.9 Å². The van der Waals surface area contributed by atoms with Gasteiger partial charge >= 0.3 is 0 Å². The van der Waals surface area contributed by atoms with E-state index in [1.807, 2.05) is 13.8 Å². The summed E-state index contributed by atoms with van der Waals surface area (Å²) in [6.07, 6.45) is 0. The van der Waals surface area contributed by atoms with Crippen molar-refractivity contribution < 1.29 is 13.2 Å². The Balaban J connectivity index is 2.73. The number of hydrogen-bond donors (Lipinski definition) is 0. The van der Waals surface area contributed by atoms with Crippen molar-refractivity contribution in [2.75, 3.05) is 18.1 Å². The summed E-state index contributed by atoms with van der Waals surface area (Å²) in [4.78, 5) is 13.5. The third-order valence-corrected chi connectivity index (χ3v) is 6.02. The van der Waals surface area contributed by atoms with Gasteiger partial charge in [-0.1, -0.05) is 29.8 Å². The van der Waals surface area contributed by atoms with E-state index in [-0.39, 0.29) is 34.2 Å². The minimum atomic E-state index is -2.95. The van der Waals surface area contributed by atoms with Crippen LogP contribution in [-0.2, 0) is 14.6 Å². The minimum Gasteiger partial charge on any atom is -0.337 e. The van der Waals surface area contributed by atoms with Gasteiger partial charge in [0.1, 0.15) is 0 Å². The van der Waals surface area contributed by atoms with Gasteiger partial charge in [0.2, 0.25) is 5.91 Å². The minimum absolute atomic E-state index is 0.00241. The molecule has 0 N–H and O–H groups in total. The highest BCUT2D eigenvalue weighted by Gasteiger charge is 2.34. The second-order valence-electron chi connectivity index (χ2n) is 4.64. The molecule has 6 heteroatoms. The van der Waals surface area contributed by atoms with Crippen molar-refractivity contribution in [2.45, 2.75) is 31.6 Å². The van der Waals surface area contributed by atoms with Gasteiger partial charge in [-0.05, 0) is 12.8 Å². The number of rotatable bonds is 2. The number of carbonyl (C=O) groups excluding carboxylic acids is 1. The van der Waals surface area contributed by atoms with Crippen molar-refractivity contribution in [3.05, 3.63) is 0 Å². The van der Waals surface area contributed by atoms with Gasteiger partial charge in [0, 0.05) is 12.6 Å². The molecule has 2 unspecified atom stereocenters. The highest BCUT2D eigenvalue weighted by molar-refractivity contribution is 9.10. The Hall–Kier alpha value is -0.100. The van der Waals surface area contributed by atoms with Crippen LogP contribution >= 0.6 is 15.9 Å². The first-order chi connectivity index (χ1) is 7.24. The lowest BCUT2D eigenvalue weighted by molar-refractivity contribution is -0.132. The largest absolute Gasteiger partial charge is 0.337 e. The van der Waals surface area contributed by atoms with E-state index < -0.39 is 9.84 Å². The van der Waals surface area contributed by atoms with E-state index in [1.165, 1.54) is 0 Å². The van der Waals surface area contributed by atoms with Gasteiger partial charge in [0.05, 0.1) is 16.3 Å². The van der Waals surface area contributed by atoms with Gasteiger partial charge in [0.15, 0.2) is 9.84 Å². The molecule has 1 heterocycles. The van der Waals surface area contributed by atoms with Crippen molar-refractivity contribution in [1.82, 2.24) is 4.90 Å². The average Bonchev–Trinajstić information content (AvgIpc) is 2.14. The van der Waals surface area contributed by atoms with E-state index >= 15 is 0 Å². The normalized spacial score (nSPS) is 26.8. The van der Waals surface area contributed by atoms with Gasteiger partial charge in [-0.25, -0.2) is 8.42 Å². The number of halogens is 1. The maximum atomic E-state index is 12.0. The Morgan fingerprint density at radius 3 is 2.44 bits per heavy atom. The molecular weight excluding hydrogens is 294 g/mol. The van der Waals surface area contributed by atoms with Crippen molar-refractivity contribution in [1.29, 1.82) is 0 Å². The average molecular weight is 312 g/mol. The molecule has 1 fully saturated rings. The molecule has 1 aliphatic heterocycles. The molecule has 0 aromatic carbocycles. The maximum absolute atomic E-state index is 12.0. The second-order valence-corrected chi connectivity index (χ2v) is 7.86. The van der Waals surface area contributed by atoms with E-state index in [1.54, 1.807) is 11.8 Å². The summed E-state index contributed by atoms with van der Waals surface area (Å²) in [6.45, 7) is 6.02. The molecule has 94 valence electrons. The van der Waals surface area contributed by atoms with Crippen LogP contribution in [0, 0.1) is 5.92 Å². The fourth-order valence-corrected chi connectivity index (χ4v) is 3.59. The summed E-state index contributed by atoms with van der Waals surface area (Å²) in [6, 6.07) is -0.218. The highest BCUT2D eigenvalue weighted by Crippen LogP contribution is 2.19. The predicted octanol–water partition coefficient (Wildman–Crippen LogP) is 1.05. The van der Waals surface area contributed by atoms with E-state index in [9.17, 15) is 13.2 Å². The van der Waals surface area contributed by atoms with Crippen molar-refractivity contribution in [3.8, 4) is 0 Å². The Bertz CT molecular complexity index is 366. The standard InChI is InChI=1S/C10H18BrNO3S/c1-7(2)9(11)10(13)12-4-5-16(14,15)6-8(12)3/h7-9H,4-6H2,1-3H3. The molecule has 0 radical (unpaired) electrons. The molecular formula is C10H18BrNO3S. The lowest BCUT2D eigenvalue weighted by Crippen LogP contribution is -2.52. The van der Waals surface area contributed by atoms with Crippen LogP contribution in [0.4, 0.5) is 0 Å². The summed E-state index contributed by atoms with van der Waals surface area (Å²) < 4.78 is 22.8. The lowest BCUT2D eigenvalue weighted by Gasteiger charge is -2.35. The summed E-state index contributed by atoms with van der Waals surface area (Å²) in [5.41, 5.74) is 0. The van der Waals surface area contributed by atoms with Crippen LogP contribution in [0.25, 0.3) is 0 Å². The van der Waals surface area contributed by atoms with Gasteiger partial charge in [-0.15, -0.1) is 0 Å². The van der Waals surface area contributed by atoms with Crippen LogP contribution < -0.4 is 0 Å². The molecule has 0 aromatic rings. The van der Waals surface area contributed by atoms with Crippen molar-refractivity contribution in [2.24, 2.45) is 5.92 Å². The van der Waals surface area contributed by atoms with Crippen LogP contribution in [0.15, 0.2) is 0 Å². The first-order valence-corrected chi connectivity index (χ1v) is 8.13. The number of hydrogen-bond acceptors (Lipinski definition) is 3. The summed E-state index contributed by atoms with van der Waals surface area (Å²) in [5, 5.41) is 0. The van der Waals surface area contributed by atoms with Gasteiger partial charge in [0.25, 0.3) is 0 Å². The Morgan fingerprint density at radius 2 is 2.00 bits per heavy atom. The maximum Gasteiger partial charge on any atom is 0.236 e. The fourth-order valence-electron chi connectivity index (χ4n) is 1.77.